The zero-order valence-corrected chi connectivity index (χ0v) is 18.8. The Hall–Kier alpha value is -3.51. The van der Waals surface area contributed by atoms with E-state index in [0.29, 0.717) is 11.4 Å². The lowest BCUT2D eigenvalue weighted by Crippen LogP contribution is -2.12. The minimum absolute atomic E-state index is 0.173. The summed E-state index contributed by atoms with van der Waals surface area (Å²) in [7, 11) is 0. The highest BCUT2D eigenvalue weighted by Crippen LogP contribution is 2.23. The second-order valence-corrected chi connectivity index (χ2v) is 8.14. The molecule has 1 amide bonds. The van der Waals surface area contributed by atoms with Crippen LogP contribution in [0.2, 0.25) is 0 Å². The Balaban J connectivity index is 1.51. The third kappa shape index (κ3) is 5.16. The Morgan fingerprint density at radius 2 is 1.71 bits per heavy atom. The number of hydrogen-bond donors (Lipinski definition) is 2. The predicted octanol–water partition coefficient (Wildman–Crippen LogP) is 6.52. The molecule has 2 N–H and O–H groups in total. The maximum atomic E-state index is 12.7. The summed E-state index contributed by atoms with van der Waals surface area (Å²) in [5, 5.41) is 6.21. The zero-order valence-electron chi connectivity index (χ0n) is 17.2. The second-order valence-electron chi connectivity index (χ2n) is 7.28. The molecule has 0 unspecified atom stereocenters. The number of carbonyl (C=O) groups excluding carboxylic acids is 1. The first-order chi connectivity index (χ1) is 15.0. The Bertz CT molecular complexity index is 1260. The predicted molar refractivity (Wildman–Crippen MR) is 129 cm³/mol. The van der Waals surface area contributed by atoms with Crippen LogP contribution in [0.4, 0.5) is 17.2 Å². The van der Waals surface area contributed by atoms with Crippen LogP contribution in [0.25, 0.3) is 11.3 Å². The number of benzene rings is 3. The van der Waals surface area contributed by atoms with Gasteiger partial charge in [-0.25, -0.2) is 9.97 Å². The van der Waals surface area contributed by atoms with Crippen molar-refractivity contribution in [3.63, 3.8) is 0 Å². The monoisotopic (exact) mass is 472 g/mol. The largest absolute Gasteiger partial charge is 0.340 e. The summed E-state index contributed by atoms with van der Waals surface area (Å²) in [4.78, 5) is 21.4. The topological polar surface area (TPSA) is 66.9 Å². The number of aromatic nitrogens is 2. The highest BCUT2D eigenvalue weighted by atomic mass is 79.9. The first-order valence-corrected chi connectivity index (χ1v) is 10.6. The molecular weight excluding hydrogens is 452 g/mol. The lowest BCUT2D eigenvalue weighted by molar-refractivity contribution is 0.102. The normalized spacial score (nSPS) is 10.5. The van der Waals surface area contributed by atoms with Gasteiger partial charge in [-0.1, -0.05) is 45.8 Å². The van der Waals surface area contributed by atoms with Crippen molar-refractivity contribution < 1.29 is 4.79 Å². The number of amides is 1. The van der Waals surface area contributed by atoms with E-state index in [0.717, 1.165) is 32.7 Å². The summed E-state index contributed by atoms with van der Waals surface area (Å²) in [5.41, 5.74) is 6.17. The lowest BCUT2D eigenvalue weighted by Gasteiger charge is -2.10. The number of nitrogens with one attached hydrogen (secondary N) is 2. The van der Waals surface area contributed by atoms with E-state index in [1.807, 2.05) is 55.5 Å². The van der Waals surface area contributed by atoms with Gasteiger partial charge in [-0.3, -0.25) is 4.79 Å². The molecule has 0 saturated heterocycles. The molecule has 0 aliphatic carbocycles. The van der Waals surface area contributed by atoms with Gasteiger partial charge in [0.2, 0.25) is 0 Å². The molecule has 4 rings (SSSR count). The summed E-state index contributed by atoms with van der Waals surface area (Å²) in [6, 6.07) is 23.1. The number of anilines is 3. The number of rotatable bonds is 5. The van der Waals surface area contributed by atoms with E-state index < -0.39 is 0 Å². The third-order valence-electron chi connectivity index (χ3n) is 4.79. The highest BCUT2D eigenvalue weighted by Gasteiger charge is 2.09. The van der Waals surface area contributed by atoms with Crippen LogP contribution >= 0.6 is 15.9 Å². The molecule has 0 atom stereocenters. The van der Waals surface area contributed by atoms with E-state index in [9.17, 15) is 4.79 Å². The maximum Gasteiger partial charge on any atom is 0.255 e. The zero-order chi connectivity index (χ0) is 21.8. The molecule has 1 heterocycles. The molecule has 4 aromatic rings. The maximum absolute atomic E-state index is 12.7. The van der Waals surface area contributed by atoms with E-state index >= 15 is 0 Å². The molecule has 0 bridgehead atoms. The highest BCUT2D eigenvalue weighted by molar-refractivity contribution is 9.10. The fraction of sp³-hybridized carbons (Fsp3) is 0.0800. The van der Waals surface area contributed by atoms with Crippen molar-refractivity contribution in [2.24, 2.45) is 0 Å². The lowest BCUT2D eigenvalue weighted by atomic mass is 10.1. The Kier molecular flexibility index (Phi) is 6.09. The Labute approximate surface area is 189 Å². The average Bonchev–Trinajstić information content (AvgIpc) is 2.77. The smallest absolute Gasteiger partial charge is 0.255 e. The van der Waals surface area contributed by atoms with Crippen LogP contribution in [-0.4, -0.2) is 15.9 Å². The van der Waals surface area contributed by atoms with E-state index in [1.165, 1.54) is 11.9 Å². The first kappa shape index (κ1) is 20.8. The second kappa shape index (κ2) is 9.10. The molecule has 6 heteroatoms. The third-order valence-corrected chi connectivity index (χ3v) is 5.68. The van der Waals surface area contributed by atoms with E-state index in [4.69, 9.17) is 0 Å². The summed E-state index contributed by atoms with van der Waals surface area (Å²) in [6.45, 7) is 4.03. The van der Waals surface area contributed by atoms with Crippen LogP contribution in [-0.2, 0) is 0 Å². The number of halogens is 1. The molecule has 0 saturated carbocycles. The van der Waals surface area contributed by atoms with Crippen molar-refractivity contribution in [1.82, 2.24) is 9.97 Å². The van der Waals surface area contributed by atoms with Gasteiger partial charge in [0.15, 0.2) is 0 Å². The molecule has 31 heavy (non-hydrogen) atoms. The molecule has 0 radical (unpaired) electrons. The fourth-order valence-electron chi connectivity index (χ4n) is 3.20. The summed E-state index contributed by atoms with van der Waals surface area (Å²) in [5.74, 6) is 0.487. The van der Waals surface area contributed by atoms with E-state index in [-0.39, 0.29) is 5.91 Å². The van der Waals surface area contributed by atoms with Crippen LogP contribution in [0.15, 0.2) is 83.6 Å². The Morgan fingerprint density at radius 3 is 2.52 bits per heavy atom. The molecule has 0 aliphatic rings. The van der Waals surface area contributed by atoms with Gasteiger partial charge in [-0.05, 0) is 61.9 Å². The Morgan fingerprint density at radius 1 is 0.871 bits per heavy atom. The minimum atomic E-state index is -0.173. The van der Waals surface area contributed by atoms with Gasteiger partial charge in [0.05, 0.1) is 5.69 Å². The van der Waals surface area contributed by atoms with Crippen molar-refractivity contribution >= 4 is 39.0 Å². The van der Waals surface area contributed by atoms with Crippen molar-refractivity contribution in [1.29, 1.82) is 0 Å². The average molecular weight is 473 g/mol. The molecule has 1 aromatic heterocycles. The van der Waals surface area contributed by atoms with Crippen LogP contribution in [0.1, 0.15) is 21.5 Å². The van der Waals surface area contributed by atoms with Crippen molar-refractivity contribution in [2.45, 2.75) is 13.8 Å². The van der Waals surface area contributed by atoms with E-state index in [2.05, 4.69) is 55.6 Å². The van der Waals surface area contributed by atoms with Crippen molar-refractivity contribution in [3.8, 4) is 11.3 Å². The van der Waals surface area contributed by atoms with Gasteiger partial charge in [-0.15, -0.1) is 0 Å². The summed E-state index contributed by atoms with van der Waals surface area (Å²) >= 11 is 3.47. The molecule has 5 nitrogen and oxygen atoms in total. The summed E-state index contributed by atoms with van der Waals surface area (Å²) in [6.07, 6.45) is 1.53. The first-order valence-electron chi connectivity index (χ1n) is 9.81. The standard InChI is InChI=1S/C25H21BrN4O/c1-16-5-3-6-18(11-16)23-14-24(28-15-27-23)29-20-8-4-7-19(13-20)25(31)30-21-9-10-22(26)17(2)12-21/h3-15H,1-2H3,(H,30,31)(H,27,28,29). The quantitative estimate of drug-likeness (QED) is 0.346. The van der Waals surface area contributed by atoms with Gasteiger partial charge < -0.3 is 10.6 Å². The fourth-order valence-corrected chi connectivity index (χ4v) is 3.45. The molecule has 0 spiro atoms. The van der Waals surface area contributed by atoms with Crippen molar-refractivity contribution in [2.75, 3.05) is 10.6 Å². The van der Waals surface area contributed by atoms with E-state index in [1.54, 1.807) is 12.1 Å². The van der Waals surface area contributed by atoms with Crippen LogP contribution < -0.4 is 10.6 Å². The van der Waals surface area contributed by atoms with Crippen LogP contribution in [0, 0.1) is 13.8 Å². The number of hydrogen-bond acceptors (Lipinski definition) is 4. The number of nitrogens with zero attached hydrogens (tertiary/aromatic N) is 2. The van der Waals surface area contributed by atoms with Crippen LogP contribution in [0.3, 0.4) is 0 Å². The number of carbonyl (C=O) groups is 1. The van der Waals surface area contributed by atoms with Gasteiger partial charge in [0.25, 0.3) is 5.91 Å². The molecule has 0 fully saturated rings. The van der Waals surface area contributed by atoms with Gasteiger partial charge in [-0.2, -0.15) is 0 Å². The van der Waals surface area contributed by atoms with Gasteiger partial charge >= 0.3 is 0 Å². The number of aryl methyl sites for hydroxylation is 2. The summed E-state index contributed by atoms with van der Waals surface area (Å²) < 4.78 is 1.01. The van der Waals surface area contributed by atoms with Gasteiger partial charge in [0, 0.05) is 33.0 Å². The molecule has 3 aromatic carbocycles. The minimum Gasteiger partial charge on any atom is -0.340 e. The molecule has 0 aliphatic heterocycles. The molecular formula is C25H21BrN4O. The van der Waals surface area contributed by atoms with Crippen LogP contribution in [0.5, 0.6) is 0 Å². The van der Waals surface area contributed by atoms with Crippen molar-refractivity contribution in [3.05, 3.63) is 100 Å². The molecule has 154 valence electrons. The van der Waals surface area contributed by atoms with Gasteiger partial charge in [0.1, 0.15) is 12.1 Å². The SMILES string of the molecule is Cc1cccc(-c2cc(Nc3cccc(C(=O)Nc4ccc(Br)c(C)c4)c3)ncn2)c1.